The minimum atomic E-state index is -3.92. The van der Waals surface area contributed by atoms with Crippen LogP contribution in [0.15, 0.2) is 78.9 Å². The normalized spacial score (nSPS) is 11.9. The second kappa shape index (κ2) is 13.9. The topological polar surface area (TPSA) is 104 Å². The van der Waals surface area contributed by atoms with Gasteiger partial charge in [-0.05, 0) is 49.1 Å². The lowest BCUT2D eigenvalue weighted by molar-refractivity contribution is -0.140. The molecule has 0 spiro atoms. The van der Waals surface area contributed by atoms with Gasteiger partial charge in [-0.25, -0.2) is 8.42 Å². The summed E-state index contributed by atoms with van der Waals surface area (Å²) in [4.78, 5) is 41.1. The summed E-state index contributed by atoms with van der Waals surface area (Å²) in [7, 11) is -3.92. The molecule has 0 aliphatic carbocycles. The van der Waals surface area contributed by atoms with Gasteiger partial charge in [0.1, 0.15) is 12.6 Å². The van der Waals surface area contributed by atoms with E-state index in [1.807, 2.05) is 68.4 Å². The van der Waals surface area contributed by atoms with Gasteiger partial charge >= 0.3 is 0 Å². The highest BCUT2D eigenvalue weighted by molar-refractivity contribution is 7.92. The van der Waals surface area contributed by atoms with Gasteiger partial charge in [-0.3, -0.25) is 18.7 Å². The van der Waals surface area contributed by atoms with E-state index >= 15 is 0 Å². The molecule has 0 radical (unpaired) electrons. The van der Waals surface area contributed by atoms with Crippen LogP contribution in [0.25, 0.3) is 0 Å². The van der Waals surface area contributed by atoms with Crippen molar-refractivity contribution < 1.29 is 22.8 Å². The van der Waals surface area contributed by atoms with Crippen LogP contribution >= 0.6 is 0 Å². The smallest absolute Gasteiger partial charge is 0.244 e. The molecule has 8 nitrogen and oxygen atoms in total. The van der Waals surface area contributed by atoms with Crippen LogP contribution < -0.4 is 9.62 Å². The highest BCUT2D eigenvalue weighted by Crippen LogP contribution is 2.22. The first-order chi connectivity index (χ1) is 19.0. The molecule has 1 atom stereocenters. The zero-order valence-corrected chi connectivity index (χ0v) is 24.3. The molecule has 0 saturated carbocycles. The number of hydrogen-bond donors (Lipinski definition) is 1. The Morgan fingerprint density at radius 1 is 0.925 bits per heavy atom. The molecular weight excluding hydrogens is 526 g/mol. The van der Waals surface area contributed by atoms with Crippen LogP contribution in [0.4, 0.5) is 5.69 Å². The molecule has 1 unspecified atom stereocenters. The van der Waals surface area contributed by atoms with Gasteiger partial charge in [0.05, 0.1) is 11.9 Å². The van der Waals surface area contributed by atoms with Gasteiger partial charge in [0.25, 0.3) is 0 Å². The highest BCUT2D eigenvalue weighted by atomic mass is 32.2. The van der Waals surface area contributed by atoms with E-state index in [4.69, 9.17) is 0 Å². The first kappa shape index (κ1) is 30.6. The fourth-order valence-electron chi connectivity index (χ4n) is 4.38. The van der Waals surface area contributed by atoms with Gasteiger partial charge in [-0.15, -0.1) is 0 Å². The number of hydrogen-bond acceptors (Lipinski definition) is 5. The van der Waals surface area contributed by atoms with Crippen molar-refractivity contribution in [3.63, 3.8) is 0 Å². The van der Waals surface area contributed by atoms with Crippen LogP contribution in [0.2, 0.25) is 0 Å². The first-order valence-corrected chi connectivity index (χ1v) is 15.1. The third kappa shape index (κ3) is 8.26. The summed E-state index contributed by atoms with van der Waals surface area (Å²) < 4.78 is 26.8. The maximum atomic E-state index is 14.1. The van der Waals surface area contributed by atoms with E-state index in [1.165, 1.54) is 17.9 Å². The lowest BCUT2D eigenvalue weighted by atomic mass is 10.0. The summed E-state index contributed by atoms with van der Waals surface area (Å²) in [5.41, 5.74) is 3.20. The fourth-order valence-corrected chi connectivity index (χ4v) is 5.23. The molecule has 0 saturated heterocycles. The molecule has 40 heavy (non-hydrogen) atoms. The van der Waals surface area contributed by atoms with Crippen LogP contribution in [-0.2, 0) is 32.6 Å². The van der Waals surface area contributed by atoms with Crippen LogP contribution in [-0.4, -0.2) is 56.3 Å². The van der Waals surface area contributed by atoms with Crippen molar-refractivity contribution >= 4 is 33.3 Å². The molecule has 3 rings (SSSR count). The molecule has 3 aromatic rings. The number of benzene rings is 3. The van der Waals surface area contributed by atoms with E-state index in [0.29, 0.717) is 12.1 Å². The number of anilines is 1. The Bertz CT molecular complexity index is 1440. The van der Waals surface area contributed by atoms with E-state index in [-0.39, 0.29) is 30.3 Å². The third-order valence-corrected chi connectivity index (χ3v) is 7.78. The fraction of sp³-hybridized carbons (Fsp3) is 0.323. The zero-order valence-electron chi connectivity index (χ0n) is 23.5. The second-order valence-corrected chi connectivity index (χ2v) is 11.7. The number of ketones is 1. The van der Waals surface area contributed by atoms with Crippen molar-refractivity contribution in [3.05, 3.63) is 101 Å². The Kier molecular flexibility index (Phi) is 10.6. The second-order valence-electron chi connectivity index (χ2n) is 9.82. The number of nitrogens with one attached hydrogen (secondary N) is 1. The molecule has 2 amide bonds. The monoisotopic (exact) mass is 563 g/mol. The van der Waals surface area contributed by atoms with Crippen LogP contribution in [0.1, 0.15) is 47.3 Å². The van der Waals surface area contributed by atoms with Gasteiger partial charge < -0.3 is 10.2 Å². The molecule has 0 aliphatic rings. The van der Waals surface area contributed by atoms with E-state index < -0.39 is 28.5 Å². The lowest BCUT2D eigenvalue weighted by Gasteiger charge is -2.34. The van der Waals surface area contributed by atoms with Gasteiger partial charge in [0.15, 0.2) is 5.78 Å². The van der Waals surface area contributed by atoms with Crippen molar-refractivity contribution in [2.75, 3.05) is 23.7 Å². The number of carbonyl (C=O) groups is 3. The maximum absolute atomic E-state index is 14.1. The van der Waals surface area contributed by atoms with Crippen LogP contribution in [0, 0.1) is 6.92 Å². The van der Waals surface area contributed by atoms with Crippen LogP contribution in [0.3, 0.4) is 0 Å². The minimum Gasteiger partial charge on any atom is -0.354 e. The summed E-state index contributed by atoms with van der Waals surface area (Å²) in [6, 6.07) is 22.3. The van der Waals surface area contributed by atoms with E-state index in [2.05, 4.69) is 5.32 Å². The van der Waals surface area contributed by atoms with E-state index in [9.17, 15) is 22.8 Å². The van der Waals surface area contributed by atoms with Crippen LogP contribution in [0.5, 0.6) is 0 Å². The molecular formula is C31H37N3O5S. The number of sulfonamides is 1. The zero-order chi connectivity index (χ0) is 29.3. The molecule has 3 aromatic carbocycles. The summed E-state index contributed by atoms with van der Waals surface area (Å²) >= 11 is 0. The molecule has 1 N–H and O–H groups in total. The summed E-state index contributed by atoms with van der Waals surface area (Å²) in [5.74, 6) is -1.06. The van der Waals surface area contributed by atoms with E-state index in [0.717, 1.165) is 33.7 Å². The highest BCUT2D eigenvalue weighted by Gasteiger charge is 2.33. The minimum absolute atomic E-state index is 0.119. The molecule has 0 heterocycles. The Morgan fingerprint density at radius 2 is 1.60 bits per heavy atom. The first-order valence-electron chi connectivity index (χ1n) is 13.3. The average Bonchev–Trinajstić information content (AvgIpc) is 2.93. The maximum Gasteiger partial charge on any atom is 0.244 e. The number of Topliss-reactive ketones (excluding diaryl/α,β-unsaturated/α-hetero) is 1. The predicted molar refractivity (Wildman–Crippen MR) is 158 cm³/mol. The average molecular weight is 564 g/mol. The Labute approximate surface area is 237 Å². The van der Waals surface area contributed by atoms with Crippen molar-refractivity contribution in [2.24, 2.45) is 0 Å². The summed E-state index contributed by atoms with van der Waals surface area (Å²) in [6.45, 7) is 5.30. The Morgan fingerprint density at radius 3 is 2.23 bits per heavy atom. The summed E-state index contributed by atoms with van der Waals surface area (Å²) in [6.07, 6.45) is 2.00. The summed E-state index contributed by atoms with van der Waals surface area (Å²) in [5, 5.41) is 2.92. The molecule has 212 valence electrons. The number of aryl methyl sites for hydroxylation is 1. The van der Waals surface area contributed by atoms with Gasteiger partial charge in [0.2, 0.25) is 21.8 Å². The lowest BCUT2D eigenvalue weighted by Crippen LogP contribution is -2.53. The standard InChI is InChI=1S/C31H37N3O5S/c1-5-18-32-31(37)29(19-25-13-7-6-8-14-25)33(21-27-15-10-9-12-23(27)2)30(36)22-34(40(4,38)39)28-17-11-16-26(20-28)24(3)35/h6-17,20,29H,5,18-19,21-22H2,1-4H3,(H,32,37). The molecule has 0 fully saturated rings. The van der Waals surface area contributed by atoms with Crippen molar-refractivity contribution in [1.82, 2.24) is 10.2 Å². The van der Waals surface area contributed by atoms with Crippen molar-refractivity contribution in [2.45, 2.75) is 46.2 Å². The predicted octanol–water partition coefficient (Wildman–Crippen LogP) is 4.13. The van der Waals surface area contributed by atoms with Gasteiger partial charge in [-0.2, -0.15) is 0 Å². The SMILES string of the molecule is CCCNC(=O)C(Cc1ccccc1)N(Cc1ccccc1C)C(=O)CN(c1cccc(C(C)=O)c1)S(C)(=O)=O. The Hall–Kier alpha value is -3.98. The van der Waals surface area contributed by atoms with Gasteiger partial charge in [0, 0.05) is 25.1 Å². The number of rotatable bonds is 13. The van der Waals surface area contributed by atoms with Crippen molar-refractivity contribution in [3.8, 4) is 0 Å². The molecule has 9 heteroatoms. The molecule has 0 aliphatic heterocycles. The van der Waals surface area contributed by atoms with E-state index in [1.54, 1.807) is 18.2 Å². The number of amides is 2. The quantitative estimate of drug-likeness (QED) is 0.315. The third-order valence-electron chi connectivity index (χ3n) is 6.64. The van der Waals surface area contributed by atoms with Crippen molar-refractivity contribution in [1.29, 1.82) is 0 Å². The van der Waals surface area contributed by atoms with Gasteiger partial charge in [-0.1, -0.05) is 73.7 Å². The molecule has 0 bridgehead atoms. The largest absolute Gasteiger partial charge is 0.354 e. The Balaban J connectivity index is 2.07. The number of nitrogens with zero attached hydrogens (tertiary/aromatic N) is 2. The number of carbonyl (C=O) groups excluding carboxylic acids is 3. The molecule has 0 aromatic heterocycles.